The van der Waals surface area contributed by atoms with Crippen LogP contribution in [0.5, 0.6) is 0 Å². The number of esters is 1. The second kappa shape index (κ2) is 4.49. The molecule has 15 heavy (non-hydrogen) atoms. The summed E-state index contributed by atoms with van der Waals surface area (Å²) in [5, 5.41) is 6.51. The summed E-state index contributed by atoms with van der Waals surface area (Å²) in [5.41, 5.74) is -0.357. The number of hydrogen-bond donors (Lipinski definition) is 2. The minimum atomic E-state index is -0.395. The Bertz CT molecular complexity index is 227. The highest BCUT2D eigenvalue weighted by Gasteiger charge is 2.29. The van der Waals surface area contributed by atoms with Crippen LogP contribution in [0.3, 0.4) is 0 Å². The molecule has 0 aromatic rings. The molecule has 1 heterocycles. The molecule has 1 aliphatic rings. The summed E-state index contributed by atoms with van der Waals surface area (Å²) in [7, 11) is 0. The minimum Gasteiger partial charge on any atom is -0.459 e. The number of ether oxygens (including phenoxy) is 1. The van der Waals surface area contributed by atoms with E-state index in [4.69, 9.17) is 4.74 Å². The van der Waals surface area contributed by atoms with E-state index in [0.717, 1.165) is 19.5 Å². The van der Waals surface area contributed by atoms with Crippen molar-refractivity contribution in [1.82, 2.24) is 10.6 Å². The van der Waals surface area contributed by atoms with E-state index in [1.165, 1.54) is 0 Å². The monoisotopic (exact) mass is 214 g/mol. The fraction of sp³-hybridized carbons (Fsp3) is 0.909. The molecule has 88 valence electrons. The SMILES string of the molecule is CC(C)(C)OC(=O)CN[C@@]1(C)CCNC1. The van der Waals surface area contributed by atoms with Crippen molar-refractivity contribution in [3.05, 3.63) is 0 Å². The molecule has 0 radical (unpaired) electrons. The highest BCUT2D eigenvalue weighted by atomic mass is 16.6. The van der Waals surface area contributed by atoms with Crippen molar-refractivity contribution in [3.63, 3.8) is 0 Å². The molecule has 0 aliphatic carbocycles. The molecule has 1 rings (SSSR count). The highest BCUT2D eigenvalue weighted by molar-refractivity contribution is 5.72. The van der Waals surface area contributed by atoms with E-state index in [-0.39, 0.29) is 18.1 Å². The Kier molecular flexibility index (Phi) is 3.73. The summed E-state index contributed by atoms with van der Waals surface area (Å²) < 4.78 is 5.22. The molecule has 1 aliphatic heterocycles. The lowest BCUT2D eigenvalue weighted by atomic mass is 10.0. The van der Waals surface area contributed by atoms with Crippen LogP contribution in [0.2, 0.25) is 0 Å². The smallest absolute Gasteiger partial charge is 0.320 e. The maximum absolute atomic E-state index is 11.5. The molecular weight excluding hydrogens is 192 g/mol. The van der Waals surface area contributed by atoms with Gasteiger partial charge in [-0.05, 0) is 40.7 Å². The first kappa shape index (κ1) is 12.5. The van der Waals surface area contributed by atoms with Crippen LogP contribution < -0.4 is 10.6 Å². The zero-order valence-electron chi connectivity index (χ0n) is 10.1. The Morgan fingerprint density at radius 1 is 1.53 bits per heavy atom. The standard InChI is InChI=1S/C11H22N2O2/c1-10(2,3)15-9(14)7-13-11(4)5-6-12-8-11/h12-13H,5-8H2,1-4H3/t11-/m0/s1. The average Bonchev–Trinajstić information content (AvgIpc) is 2.47. The Balaban J connectivity index is 2.28. The van der Waals surface area contributed by atoms with Crippen LogP contribution in [0, 0.1) is 0 Å². The lowest BCUT2D eigenvalue weighted by molar-refractivity contribution is -0.154. The molecule has 4 nitrogen and oxygen atoms in total. The van der Waals surface area contributed by atoms with Gasteiger partial charge < -0.3 is 15.4 Å². The zero-order valence-corrected chi connectivity index (χ0v) is 10.1. The van der Waals surface area contributed by atoms with E-state index >= 15 is 0 Å². The summed E-state index contributed by atoms with van der Waals surface area (Å²) in [5.74, 6) is -0.185. The molecule has 1 atom stereocenters. The lowest BCUT2D eigenvalue weighted by Gasteiger charge is -2.25. The van der Waals surface area contributed by atoms with Crippen molar-refractivity contribution in [2.75, 3.05) is 19.6 Å². The van der Waals surface area contributed by atoms with Crippen molar-refractivity contribution >= 4 is 5.97 Å². The van der Waals surface area contributed by atoms with Gasteiger partial charge in [0.1, 0.15) is 5.60 Å². The number of carbonyl (C=O) groups is 1. The molecule has 0 spiro atoms. The fourth-order valence-electron chi connectivity index (χ4n) is 1.63. The van der Waals surface area contributed by atoms with Gasteiger partial charge in [-0.3, -0.25) is 4.79 Å². The number of carbonyl (C=O) groups excluding carboxylic acids is 1. The first-order chi connectivity index (χ1) is 6.81. The maximum atomic E-state index is 11.5. The molecule has 1 saturated heterocycles. The van der Waals surface area contributed by atoms with Crippen LogP contribution in [-0.4, -0.2) is 36.7 Å². The molecular formula is C11H22N2O2. The van der Waals surface area contributed by atoms with E-state index in [1.54, 1.807) is 0 Å². The van der Waals surface area contributed by atoms with E-state index in [0.29, 0.717) is 0 Å². The van der Waals surface area contributed by atoms with Gasteiger partial charge in [-0.1, -0.05) is 0 Å². The molecule has 0 aromatic carbocycles. The van der Waals surface area contributed by atoms with Crippen LogP contribution >= 0.6 is 0 Å². The van der Waals surface area contributed by atoms with Crippen molar-refractivity contribution in [1.29, 1.82) is 0 Å². The van der Waals surface area contributed by atoms with E-state index in [2.05, 4.69) is 17.6 Å². The molecule has 2 N–H and O–H groups in total. The second-order valence-corrected chi connectivity index (χ2v) is 5.43. The van der Waals surface area contributed by atoms with Gasteiger partial charge >= 0.3 is 5.97 Å². The summed E-state index contributed by atoms with van der Waals surface area (Å²) >= 11 is 0. The highest BCUT2D eigenvalue weighted by Crippen LogP contribution is 2.13. The minimum absolute atomic E-state index is 0.0386. The Labute approximate surface area is 91.8 Å². The molecule has 4 heteroatoms. The largest absolute Gasteiger partial charge is 0.459 e. The number of hydrogen-bond acceptors (Lipinski definition) is 4. The first-order valence-electron chi connectivity index (χ1n) is 5.48. The van der Waals surface area contributed by atoms with Crippen molar-refractivity contribution in [3.8, 4) is 0 Å². The van der Waals surface area contributed by atoms with Gasteiger partial charge in [-0.25, -0.2) is 0 Å². The zero-order chi connectivity index (χ0) is 11.5. The van der Waals surface area contributed by atoms with Crippen LogP contribution in [0.15, 0.2) is 0 Å². The van der Waals surface area contributed by atoms with Crippen LogP contribution in [0.25, 0.3) is 0 Å². The predicted octanol–water partition coefficient (Wildman–Crippen LogP) is 0.670. The average molecular weight is 214 g/mol. The Hall–Kier alpha value is -0.610. The molecule has 0 bridgehead atoms. The first-order valence-corrected chi connectivity index (χ1v) is 5.48. The third kappa shape index (κ3) is 4.62. The number of nitrogens with one attached hydrogen (secondary N) is 2. The lowest BCUT2D eigenvalue weighted by Crippen LogP contribution is -2.47. The van der Waals surface area contributed by atoms with Crippen LogP contribution in [0.4, 0.5) is 0 Å². The van der Waals surface area contributed by atoms with Gasteiger partial charge in [-0.2, -0.15) is 0 Å². The third-order valence-corrected chi connectivity index (χ3v) is 2.45. The predicted molar refractivity (Wildman–Crippen MR) is 59.7 cm³/mol. The fourth-order valence-corrected chi connectivity index (χ4v) is 1.63. The van der Waals surface area contributed by atoms with Gasteiger partial charge in [0.05, 0.1) is 6.54 Å². The van der Waals surface area contributed by atoms with Gasteiger partial charge in [-0.15, -0.1) is 0 Å². The molecule has 0 saturated carbocycles. The Morgan fingerprint density at radius 3 is 2.67 bits per heavy atom. The van der Waals surface area contributed by atoms with Crippen LogP contribution in [0.1, 0.15) is 34.1 Å². The molecule has 0 aromatic heterocycles. The summed E-state index contributed by atoms with van der Waals surface area (Å²) in [6.45, 7) is 9.97. The van der Waals surface area contributed by atoms with E-state index in [1.807, 2.05) is 20.8 Å². The summed E-state index contributed by atoms with van der Waals surface area (Å²) in [4.78, 5) is 11.5. The van der Waals surface area contributed by atoms with Crippen LogP contribution in [-0.2, 0) is 9.53 Å². The quantitative estimate of drug-likeness (QED) is 0.678. The molecule has 0 amide bonds. The van der Waals surface area contributed by atoms with E-state index < -0.39 is 5.60 Å². The van der Waals surface area contributed by atoms with Gasteiger partial charge in [0.2, 0.25) is 0 Å². The molecule has 0 unspecified atom stereocenters. The van der Waals surface area contributed by atoms with Crippen molar-refractivity contribution < 1.29 is 9.53 Å². The summed E-state index contributed by atoms with van der Waals surface area (Å²) in [6.07, 6.45) is 1.05. The maximum Gasteiger partial charge on any atom is 0.320 e. The molecule has 1 fully saturated rings. The van der Waals surface area contributed by atoms with E-state index in [9.17, 15) is 4.79 Å². The van der Waals surface area contributed by atoms with Gasteiger partial charge in [0, 0.05) is 12.1 Å². The third-order valence-electron chi connectivity index (χ3n) is 2.45. The summed E-state index contributed by atoms with van der Waals surface area (Å²) in [6, 6.07) is 0. The van der Waals surface area contributed by atoms with Crippen molar-refractivity contribution in [2.45, 2.75) is 45.3 Å². The van der Waals surface area contributed by atoms with Crippen molar-refractivity contribution in [2.24, 2.45) is 0 Å². The van der Waals surface area contributed by atoms with Gasteiger partial charge in [0.15, 0.2) is 0 Å². The Morgan fingerprint density at radius 2 is 2.20 bits per heavy atom. The second-order valence-electron chi connectivity index (χ2n) is 5.43. The topological polar surface area (TPSA) is 50.4 Å². The number of rotatable bonds is 3. The van der Waals surface area contributed by atoms with Gasteiger partial charge in [0.25, 0.3) is 0 Å². The normalized spacial score (nSPS) is 26.7.